The first-order chi connectivity index (χ1) is 22.2. The van der Waals surface area contributed by atoms with E-state index in [0.717, 1.165) is 0 Å². The highest BCUT2D eigenvalue weighted by molar-refractivity contribution is 5.88. The van der Waals surface area contributed by atoms with Crippen molar-refractivity contribution < 1.29 is 53.7 Å². The van der Waals surface area contributed by atoms with Crippen molar-refractivity contribution in [2.45, 2.75) is 149 Å². The first kappa shape index (κ1) is 44.6. The molecule has 0 radical (unpaired) electrons. The maximum Gasteiger partial charge on any atom is 0.302 e. The molecule has 1 fully saturated rings. The minimum absolute atomic E-state index is 0.0715. The minimum Gasteiger partial charge on any atom is -0.462 e. The molecule has 0 bridgehead atoms. The summed E-state index contributed by atoms with van der Waals surface area (Å²) in [5.41, 5.74) is -2.58. The molecule has 0 amide bonds. The zero-order valence-electron chi connectivity index (χ0n) is 31.8. The molecule has 1 aliphatic rings. The van der Waals surface area contributed by atoms with Gasteiger partial charge in [0, 0.05) is 37.8 Å². The van der Waals surface area contributed by atoms with E-state index in [-0.39, 0.29) is 31.3 Å². The molecule has 0 aliphatic carbocycles. The Kier molecular flexibility index (Phi) is 19.0. The van der Waals surface area contributed by atoms with Crippen LogP contribution in [-0.2, 0) is 33.3 Å². The van der Waals surface area contributed by atoms with Gasteiger partial charge in [0.25, 0.3) is 0 Å². The summed E-state index contributed by atoms with van der Waals surface area (Å²) >= 11 is 0. The second kappa shape index (κ2) is 20.4. The molecule has 0 saturated carbocycles. The van der Waals surface area contributed by atoms with Crippen LogP contribution >= 0.6 is 0 Å². The molecule has 0 aromatic rings. The molecule has 12 atom stereocenters. The number of nitrogens with zero attached hydrogens (tertiary/aromatic N) is 2. The Morgan fingerprint density at radius 3 is 2.23 bits per heavy atom. The van der Waals surface area contributed by atoms with Gasteiger partial charge in [0.2, 0.25) is 6.79 Å². The monoisotopic (exact) mass is 692 g/mol. The quantitative estimate of drug-likeness (QED) is 0.0430. The molecule has 0 aromatic heterocycles. The average molecular weight is 693 g/mol. The second-order valence-electron chi connectivity index (χ2n) is 14.8. The molecule has 1 rings (SSSR count). The number of methoxy groups -OCH3 is 1. The molecule has 4 N–H and O–H groups in total. The predicted octanol–water partition coefficient (Wildman–Crippen LogP) is 3.34. The Balaban J connectivity index is 3.56. The number of ether oxygens (including phenoxy) is 5. The van der Waals surface area contributed by atoms with Crippen LogP contribution in [0, 0.1) is 23.7 Å². The fraction of sp³-hybridized carbons (Fsp3) is 0.943. The van der Waals surface area contributed by atoms with Gasteiger partial charge in [-0.3, -0.25) is 4.79 Å². The van der Waals surface area contributed by atoms with Crippen LogP contribution in [0.15, 0.2) is 5.16 Å². The number of esters is 1. The van der Waals surface area contributed by atoms with E-state index in [2.05, 4.69) is 5.16 Å². The summed E-state index contributed by atoms with van der Waals surface area (Å²) < 4.78 is 28.8. The topological polar surface area (TPSA) is 169 Å². The first-order valence-electron chi connectivity index (χ1n) is 17.4. The lowest BCUT2D eigenvalue weighted by molar-refractivity contribution is -0.299. The van der Waals surface area contributed by atoms with Gasteiger partial charge in [0.1, 0.15) is 12.2 Å². The van der Waals surface area contributed by atoms with Crippen LogP contribution in [0.2, 0.25) is 0 Å². The zero-order valence-corrected chi connectivity index (χ0v) is 31.8. The fourth-order valence-corrected chi connectivity index (χ4v) is 7.01. The minimum atomic E-state index is -1.60. The number of likely N-dealkylation sites (N-methyl/N-ethyl adjacent to an activating group) is 1. The molecule has 284 valence electrons. The molecule has 1 heterocycles. The van der Waals surface area contributed by atoms with Crippen molar-refractivity contribution >= 4 is 11.7 Å². The molecular weight excluding hydrogens is 624 g/mol. The van der Waals surface area contributed by atoms with Gasteiger partial charge in [0.05, 0.1) is 48.4 Å². The Morgan fingerprint density at radius 2 is 1.71 bits per heavy atom. The third-order valence-corrected chi connectivity index (χ3v) is 9.42. The van der Waals surface area contributed by atoms with Crippen molar-refractivity contribution in [3.8, 4) is 0 Å². The van der Waals surface area contributed by atoms with Crippen LogP contribution in [-0.4, -0.2) is 132 Å². The summed E-state index contributed by atoms with van der Waals surface area (Å²) in [5.74, 6) is -2.28. The SMILES string of the molecule is CCCC(C)(O)C(O)C(C)C(=NOCOCCOC)C(C)CC(C)(O)C(O[C@@H]1O[C@H](C)C[C@H](N(C)C)[C@H]1O)C(C)C(OC(C)=O)C(C)C. The first-order valence-corrected chi connectivity index (χ1v) is 17.4. The fourth-order valence-electron chi connectivity index (χ4n) is 7.01. The van der Waals surface area contributed by atoms with Crippen LogP contribution in [0.25, 0.3) is 0 Å². The highest BCUT2D eigenvalue weighted by Crippen LogP contribution is 2.37. The highest BCUT2D eigenvalue weighted by atomic mass is 16.7. The van der Waals surface area contributed by atoms with Crippen molar-refractivity contribution in [1.29, 1.82) is 0 Å². The van der Waals surface area contributed by atoms with Crippen molar-refractivity contribution in [3.05, 3.63) is 0 Å². The molecule has 8 unspecified atom stereocenters. The number of hydrogen-bond acceptors (Lipinski definition) is 13. The number of aliphatic hydroxyl groups excluding tert-OH is 2. The van der Waals surface area contributed by atoms with E-state index in [9.17, 15) is 25.2 Å². The largest absolute Gasteiger partial charge is 0.462 e. The maximum absolute atomic E-state index is 12.4. The van der Waals surface area contributed by atoms with E-state index in [4.69, 9.17) is 28.5 Å². The number of carbonyl (C=O) groups is 1. The average Bonchev–Trinajstić information content (AvgIpc) is 2.97. The predicted molar refractivity (Wildman–Crippen MR) is 183 cm³/mol. The molecule has 13 nitrogen and oxygen atoms in total. The van der Waals surface area contributed by atoms with Crippen LogP contribution in [0.1, 0.15) is 94.9 Å². The van der Waals surface area contributed by atoms with E-state index in [1.165, 1.54) is 6.92 Å². The summed E-state index contributed by atoms with van der Waals surface area (Å²) in [4.78, 5) is 19.6. The van der Waals surface area contributed by atoms with Crippen LogP contribution in [0.4, 0.5) is 0 Å². The van der Waals surface area contributed by atoms with E-state index in [1.807, 2.05) is 60.5 Å². The van der Waals surface area contributed by atoms with E-state index in [0.29, 0.717) is 38.2 Å². The molecule has 0 aromatic carbocycles. The Morgan fingerprint density at radius 1 is 1.08 bits per heavy atom. The van der Waals surface area contributed by atoms with E-state index < -0.39 is 65.6 Å². The summed E-state index contributed by atoms with van der Waals surface area (Å²) in [6.45, 7) is 18.3. The number of aliphatic hydroxyl groups is 4. The molecule has 0 spiro atoms. The zero-order chi connectivity index (χ0) is 37.0. The number of hydrogen-bond donors (Lipinski definition) is 4. The van der Waals surface area contributed by atoms with E-state index >= 15 is 0 Å². The third-order valence-electron chi connectivity index (χ3n) is 9.42. The molecule has 1 aliphatic heterocycles. The lowest BCUT2D eigenvalue weighted by atomic mass is 9.74. The number of carbonyl (C=O) groups excluding carboxylic acids is 1. The van der Waals surface area contributed by atoms with Crippen molar-refractivity contribution in [1.82, 2.24) is 4.90 Å². The standard InChI is InChI=1S/C35H68N2O11/c1-14-15-34(9,41)31(40)24(6)28(36-45-20-44-17-16-43-13)22(4)19-35(10,42)32(25(7)30(21(2)3)47-26(8)38)48-33-29(39)27(37(11)12)18-23(5)46-33/h21-25,27,29-33,39-42H,14-20H2,1-13H3/t22?,23-,24?,25?,27+,29-,30?,31?,32?,33+,34?,35?/m1/s1. The third kappa shape index (κ3) is 13.4. The smallest absolute Gasteiger partial charge is 0.302 e. The van der Waals surface area contributed by atoms with Gasteiger partial charge in [-0.2, -0.15) is 0 Å². The van der Waals surface area contributed by atoms with Crippen molar-refractivity contribution in [2.24, 2.45) is 28.8 Å². The van der Waals surface area contributed by atoms with Crippen LogP contribution in [0.5, 0.6) is 0 Å². The van der Waals surface area contributed by atoms with Crippen LogP contribution in [0.3, 0.4) is 0 Å². The Labute approximate surface area is 289 Å². The number of rotatable bonds is 22. The lowest BCUT2D eigenvalue weighted by Gasteiger charge is -2.47. The molecule has 1 saturated heterocycles. The van der Waals surface area contributed by atoms with Crippen molar-refractivity contribution in [2.75, 3.05) is 41.2 Å². The summed E-state index contributed by atoms with van der Waals surface area (Å²) in [6.07, 6.45) is -3.38. The molecule has 48 heavy (non-hydrogen) atoms. The Bertz CT molecular complexity index is 961. The van der Waals surface area contributed by atoms with Gasteiger partial charge in [-0.1, -0.05) is 53.1 Å². The van der Waals surface area contributed by atoms with Gasteiger partial charge in [-0.25, -0.2) is 0 Å². The normalized spacial score (nSPS) is 27.0. The molecular formula is C35H68N2O11. The summed E-state index contributed by atoms with van der Waals surface area (Å²) in [7, 11) is 5.33. The van der Waals surface area contributed by atoms with Gasteiger partial charge in [-0.05, 0) is 60.0 Å². The van der Waals surface area contributed by atoms with Gasteiger partial charge in [0.15, 0.2) is 6.29 Å². The van der Waals surface area contributed by atoms with Crippen molar-refractivity contribution in [3.63, 3.8) is 0 Å². The summed E-state index contributed by atoms with van der Waals surface area (Å²) in [6, 6.07) is -0.242. The second-order valence-corrected chi connectivity index (χ2v) is 14.8. The summed E-state index contributed by atoms with van der Waals surface area (Å²) in [5, 5.41) is 50.5. The number of oxime groups is 1. The highest BCUT2D eigenvalue weighted by Gasteiger charge is 2.48. The van der Waals surface area contributed by atoms with Gasteiger partial charge >= 0.3 is 5.97 Å². The van der Waals surface area contributed by atoms with Gasteiger partial charge < -0.3 is 53.8 Å². The lowest BCUT2D eigenvalue weighted by Crippen LogP contribution is -2.59. The van der Waals surface area contributed by atoms with Crippen LogP contribution < -0.4 is 0 Å². The Hall–Kier alpha value is -1.42. The maximum atomic E-state index is 12.4. The molecule has 13 heteroatoms. The van der Waals surface area contributed by atoms with E-state index in [1.54, 1.807) is 27.9 Å². The van der Waals surface area contributed by atoms with Gasteiger partial charge in [-0.15, -0.1) is 0 Å².